The summed E-state index contributed by atoms with van der Waals surface area (Å²) < 4.78 is 5.25. The summed E-state index contributed by atoms with van der Waals surface area (Å²) in [6, 6.07) is 4.29. The average Bonchev–Trinajstić information content (AvgIpc) is 3.08. The first-order chi connectivity index (χ1) is 11.3. The summed E-state index contributed by atoms with van der Waals surface area (Å²) in [5.74, 6) is 0.957. The fraction of sp³-hybridized carbons (Fsp3) is 0.688. The molecule has 0 aliphatic carbocycles. The first-order valence-electron chi connectivity index (χ1n) is 8.27. The van der Waals surface area contributed by atoms with Crippen molar-refractivity contribution in [1.29, 1.82) is 0 Å². The Labute approximate surface area is 164 Å². The molecular weight excluding hydrogens is 439 g/mol. The summed E-state index contributed by atoms with van der Waals surface area (Å²) in [5, 5.41) is 16.4. The zero-order valence-corrected chi connectivity index (χ0v) is 17.3. The highest BCUT2D eigenvalue weighted by Gasteiger charge is 2.38. The quantitative estimate of drug-likeness (QED) is 0.391. The van der Waals surface area contributed by atoms with Gasteiger partial charge >= 0.3 is 0 Å². The van der Waals surface area contributed by atoms with E-state index < -0.39 is 0 Å². The van der Waals surface area contributed by atoms with Gasteiger partial charge in [-0.1, -0.05) is 0 Å². The fourth-order valence-corrected chi connectivity index (χ4v) is 3.67. The van der Waals surface area contributed by atoms with Gasteiger partial charge in [0.05, 0.1) is 36.8 Å². The van der Waals surface area contributed by atoms with E-state index in [0.29, 0.717) is 19.8 Å². The van der Waals surface area contributed by atoms with E-state index in [2.05, 4.69) is 39.6 Å². The molecule has 0 unspecified atom stereocenters. The Morgan fingerprint density at radius 1 is 1.38 bits per heavy atom. The summed E-state index contributed by atoms with van der Waals surface area (Å²) in [5.41, 5.74) is -0.167. The van der Waals surface area contributed by atoms with Crippen molar-refractivity contribution in [3.8, 4) is 0 Å². The zero-order valence-electron chi connectivity index (χ0n) is 14.1. The van der Waals surface area contributed by atoms with Gasteiger partial charge in [0, 0.05) is 32.7 Å². The molecular formula is C16H27IN4O2S. The molecule has 0 atom stereocenters. The first-order valence-corrected chi connectivity index (χ1v) is 9.15. The van der Waals surface area contributed by atoms with Crippen molar-refractivity contribution in [2.75, 3.05) is 64.0 Å². The van der Waals surface area contributed by atoms with E-state index in [1.54, 1.807) is 11.3 Å². The van der Waals surface area contributed by atoms with Gasteiger partial charge in [0.25, 0.3) is 0 Å². The van der Waals surface area contributed by atoms with E-state index in [1.807, 2.05) is 0 Å². The molecule has 2 saturated heterocycles. The molecule has 3 rings (SSSR count). The lowest BCUT2D eigenvalue weighted by Crippen LogP contribution is -2.53. The lowest BCUT2D eigenvalue weighted by Gasteiger charge is -2.40. The predicted octanol–water partition coefficient (Wildman–Crippen LogP) is 1.46. The number of ether oxygens (including phenoxy) is 1. The molecule has 8 heteroatoms. The Hall–Kier alpha value is -0.580. The van der Waals surface area contributed by atoms with Crippen LogP contribution in [-0.4, -0.2) is 75.1 Å². The molecule has 2 aliphatic heterocycles. The number of halogens is 1. The predicted molar refractivity (Wildman–Crippen MR) is 110 cm³/mol. The molecule has 0 aromatic carbocycles. The van der Waals surface area contributed by atoms with Gasteiger partial charge in [0.1, 0.15) is 0 Å². The summed E-state index contributed by atoms with van der Waals surface area (Å²) in [6.45, 7) is 8.88. The Kier molecular flexibility index (Phi) is 7.58. The van der Waals surface area contributed by atoms with Gasteiger partial charge in [0.2, 0.25) is 0 Å². The van der Waals surface area contributed by atoms with Gasteiger partial charge in [-0.3, -0.25) is 4.99 Å². The molecule has 3 heterocycles. The Balaban J connectivity index is 0.00000208. The second-order valence-electron chi connectivity index (χ2n) is 6.25. The number of nitrogens with one attached hydrogen (secondary N) is 1. The number of piperazine rings is 1. The maximum Gasteiger partial charge on any atom is 0.194 e. The Morgan fingerprint density at radius 2 is 2.12 bits per heavy atom. The standard InChI is InChI=1S/C16H26N4O2S.HI/c1-2-17-15(18-10-16(11-21)12-22-13-16)20-7-5-19(6-8-20)14-4-3-9-23-14;/h3-4,9,21H,2,5-8,10-13H2,1H3,(H,17,18);1H. The lowest BCUT2D eigenvalue weighted by molar-refractivity contribution is -0.130. The molecule has 2 N–H and O–H groups in total. The second-order valence-corrected chi connectivity index (χ2v) is 7.17. The molecule has 0 saturated carbocycles. The van der Waals surface area contributed by atoms with Gasteiger partial charge in [-0.2, -0.15) is 0 Å². The molecule has 136 valence electrons. The normalized spacial score (nSPS) is 20.3. The van der Waals surface area contributed by atoms with Crippen molar-refractivity contribution < 1.29 is 9.84 Å². The van der Waals surface area contributed by atoms with Gasteiger partial charge < -0.3 is 25.0 Å². The van der Waals surface area contributed by atoms with Crippen molar-refractivity contribution in [3.63, 3.8) is 0 Å². The Bertz CT molecular complexity index is 509. The van der Waals surface area contributed by atoms with Crippen molar-refractivity contribution >= 4 is 46.3 Å². The van der Waals surface area contributed by atoms with Crippen LogP contribution >= 0.6 is 35.3 Å². The van der Waals surface area contributed by atoms with Crippen LogP contribution < -0.4 is 10.2 Å². The van der Waals surface area contributed by atoms with Crippen LogP contribution in [0, 0.1) is 5.41 Å². The van der Waals surface area contributed by atoms with Crippen LogP contribution in [0.25, 0.3) is 0 Å². The number of hydrogen-bond donors (Lipinski definition) is 2. The van der Waals surface area contributed by atoms with E-state index >= 15 is 0 Å². The van der Waals surface area contributed by atoms with Crippen LogP contribution in [-0.2, 0) is 4.74 Å². The second kappa shape index (κ2) is 9.21. The average molecular weight is 466 g/mol. The van der Waals surface area contributed by atoms with Crippen LogP contribution in [0.5, 0.6) is 0 Å². The molecule has 1 aromatic rings. The summed E-state index contributed by atoms with van der Waals surface area (Å²) >= 11 is 1.80. The van der Waals surface area contributed by atoms with Crippen molar-refractivity contribution in [1.82, 2.24) is 10.2 Å². The number of aliphatic hydroxyl groups excluding tert-OH is 1. The molecule has 2 aliphatic rings. The maximum atomic E-state index is 9.54. The summed E-state index contributed by atoms with van der Waals surface area (Å²) in [4.78, 5) is 9.51. The summed E-state index contributed by atoms with van der Waals surface area (Å²) in [7, 11) is 0. The summed E-state index contributed by atoms with van der Waals surface area (Å²) in [6.07, 6.45) is 0. The number of rotatable bonds is 5. The van der Waals surface area contributed by atoms with E-state index in [-0.39, 0.29) is 36.0 Å². The van der Waals surface area contributed by atoms with E-state index in [9.17, 15) is 5.11 Å². The van der Waals surface area contributed by atoms with Crippen LogP contribution in [0.4, 0.5) is 5.00 Å². The minimum absolute atomic E-state index is 0. The minimum atomic E-state index is -0.167. The number of anilines is 1. The van der Waals surface area contributed by atoms with Crippen molar-refractivity contribution in [3.05, 3.63) is 17.5 Å². The van der Waals surface area contributed by atoms with E-state index in [4.69, 9.17) is 9.73 Å². The molecule has 1 aromatic heterocycles. The number of aliphatic hydroxyl groups is 1. The lowest BCUT2D eigenvalue weighted by atomic mass is 9.87. The largest absolute Gasteiger partial charge is 0.396 e. The van der Waals surface area contributed by atoms with Crippen molar-refractivity contribution in [2.45, 2.75) is 6.92 Å². The number of guanidine groups is 1. The molecule has 0 bridgehead atoms. The molecule has 24 heavy (non-hydrogen) atoms. The smallest absolute Gasteiger partial charge is 0.194 e. The fourth-order valence-electron chi connectivity index (χ4n) is 2.88. The first kappa shape index (κ1) is 19.7. The van der Waals surface area contributed by atoms with Crippen LogP contribution in [0.1, 0.15) is 6.92 Å². The topological polar surface area (TPSA) is 60.3 Å². The molecule has 6 nitrogen and oxygen atoms in total. The SMILES string of the molecule is CCNC(=NCC1(CO)COC1)N1CCN(c2cccs2)CC1.I. The monoisotopic (exact) mass is 466 g/mol. The highest BCUT2D eigenvalue weighted by molar-refractivity contribution is 14.0. The number of thiophene rings is 1. The van der Waals surface area contributed by atoms with Gasteiger partial charge in [-0.15, -0.1) is 35.3 Å². The van der Waals surface area contributed by atoms with Crippen molar-refractivity contribution in [2.24, 2.45) is 10.4 Å². The molecule has 2 fully saturated rings. The van der Waals surface area contributed by atoms with E-state index in [1.165, 1.54) is 5.00 Å². The Morgan fingerprint density at radius 3 is 2.62 bits per heavy atom. The van der Waals surface area contributed by atoms with Crippen LogP contribution in [0.2, 0.25) is 0 Å². The van der Waals surface area contributed by atoms with Gasteiger partial charge in [-0.25, -0.2) is 0 Å². The number of aliphatic imine (C=N–C) groups is 1. The maximum absolute atomic E-state index is 9.54. The third-order valence-corrected chi connectivity index (χ3v) is 5.38. The van der Waals surface area contributed by atoms with E-state index in [0.717, 1.165) is 38.7 Å². The number of nitrogens with zero attached hydrogens (tertiary/aromatic N) is 3. The van der Waals surface area contributed by atoms with Crippen LogP contribution in [0.15, 0.2) is 22.5 Å². The molecule has 0 amide bonds. The highest BCUT2D eigenvalue weighted by Crippen LogP contribution is 2.27. The van der Waals surface area contributed by atoms with Gasteiger partial charge in [-0.05, 0) is 24.4 Å². The van der Waals surface area contributed by atoms with Gasteiger partial charge in [0.15, 0.2) is 5.96 Å². The third kappa shape index (κ3) is 4.53. The number of hydrogen-bond acceptors (Lipinski definition) is 5. The highest BCUT2D eigenvalue weighted by atomic mass is 127. The third-order valence-electron chi connectivity index (χ3n) is 4.45. The minimum Gasteiger partial charge on any atom is -0.396 e. The zero-order chi connectivity index (χ0) is 16.1. The molecule has 0 radical (unpaired) electrons. The molecule has 0 spiro atoms. The van der Waals surface area contributed by atoms with Crippen LogP contribution in [0.3, 0.4) is 0 Å².